The quantitative estimate of drug-likeness (QED) is 0.686. The second-order valence-electron chi connectivity index (χ2n) is 5.38. The number of anilines is 1. The fraction of sp³-hybridized carbons (Fsp3) is 0.125. The van der Waals surface area contributed by atoms with E-state index in [-0.39, 0.29) is 24.5 Å². The minimum absolute atomic E-state index is 0.0103. The second-order valence-corrected chi connectivity index (χ2v) is 5.79. The molecule has 0 aliphatic rings. The molecule has 0 fully saturated rings. The molecule has 0 spiro atoms. The lowest BCUT2D eigenvalue weighted by atomic mass is 10.2. The van der Waals surface area contributed by atoms with E-state index in [2.05, 4.69) is 15.5 Å². The molecule has 2 aromatic heterocycles. The van der Waals surface area contributed by atoms with Crippen LogP contribution in [0.5, 0.6) is 0 Å². The van der Waals surface area contributed by atoms with Crippen LogP contribution in [0.15, 0.2) is 42.9 Å². The van der Waals surface area contributed by atoms with Gasteiger partial charge in [0.25, 0.3) is 0 Å². The first-order valence-electron chi connectivity index (χ1n) is 7.44. The number of aromatic carboxylic acids is 1. The molecule has 0 saturated heterocycles. The normalized spacial score (nSPS) is 10.7. The van der Waals surface area contributed by atoms with Crippen molar-refractivity contribution in [3.05, 3.63) is 64.8 Å². The molecule has 1 amide bonds. The maximum absolute atomic E-state index is 13.8. The van der Waals surface area contributed by atoms with Crippen LogP contribution in [0.3, 0.4) is 0 Å². The smallest absolute Gasteiger partial charge is 0.338 e. The van der Waals surface area contributed by atoms with Gasteiger partial charge < -0.3 is 10.4 Å². The molecule has 26 heavy (non-hydrogen) atoms. The Balaban J connectivity index is 1.62. The average molecular weight is 378 g/mol. The van der Waals surface area contributed by atoms with Crippen LogP contribution in [0.2, 0.25) is 5.02 Å². The zero-order chi connectivity index (χ0) is 18.7. The van der Waals surface area contributed by atoms with E-state index < -0.39 is 17.7 Å². The lowest BCUT2D eigenvalue weighted by Crippen LogP contribution is -2.19. The number of nitrogens with one attached hydrogen (secondary N) is 1. The summed E-state index contributed by atoms with van der Waals surface area (Å²) in [6.45, 7) is -0.0538. The highest BCUT2D eigenvalue weighted by Crippen LogP contribution is 2.20. The van der Waals surface area contributed by atoms with Gasteiger partial charge in [-0.1, -0.05) is 17.7 Å². The highest BCUT2D eigenvalue weighted by molar-refractivity contribution is 6.31. The monoisotopic (exact) mass is 377 g/mol. The first-order chi connectivity index (χ1) is 12.4. The van der Waals surface area contributed by atoms with Gasteiger partial charge in [-0.15, -0.1) is 0 Å². The van der Waals surface area contributed by atoms with Crippen LogP contribution in [-0.2, 0) is 17.9 Å². The number of amides is 1. The molecule has 0 aliphatic carbocycles. The summed E-state index contributed by atoms with van der Waals surface area (Å²) >= 11 is 5.98. The van der Waals surface area contributed by atoms with Crippen LogP contribution in [0.4, 0.5) is 10.2 Å². The summed E-state index contributed by atoms with van der Waals surface area (Å²) in [5.74, 6) is -1.72. The summed E-state index contributed by atoms with van der Waals surface area (Å²) in [6, 6.07) is 5.96. The number of carbonyl (C=O) groups excluding carboxylic acids is 1. The Morgan fingerprint density at radius 2 is 2.08 bits per heavy atom. The Morgan fingerprint density at radius 1 is 1.27 bits per heavy atom. The molecule has 2 heterocycles. The van der Waals surface area contributed by atoms with Crippen LogP contribution in [0, 0.1) is 5.82 Å². The number of nitrogens with zero attached hydrogens (tertiary/aromatic N) is 4. The Bertz CT molecular complexity index is 948. The van der Waals surface area contributed by atoms with Crippen molar-refractivity contribution in [1.29, 1.82) is 0 Å². The van der Waals surface area contributed by atoms with Crippen molar-refractivity contribution in [3.63, 3.8) is 0 Å². The predicted octanol–water partition coefficient (Wildman–Crippen LogP) is 2.26. The van der Waals surface area contributed by atoms with E-state index in [0.717, 1.165) is 6.20 Å². The topological polar surface area (TPSA) is 102 Å². The molecule has 134 valence electrons. The molecule has 0 radical (unpaired) electrons. The van der Waals surface area contributed by atoms with E-state index in [1.54, 1.807) is 18.3 Å². The molecule has 0 aliphatic heterocycles. The van der Waals surface area contributed by atoms with Crippen LogP contribution >= 0.6 is 11.6 Å². The molecule has 0 unspecified atom stereocenters. The van der Waals surface area contributed by atoms with Crippen molar-refractivity contribution in [2.75, 3.05) is 5.32 Å². The van der Waals surface area contributed by atoms with E-state index in [4.69, 9.17) is 16.7 Å². The summed E-state index contributed by atoms with van der Waals surface area (Å²) in [4.78, 5) is 22.8. The van der Waals surface area contributed by atoms with Gasteiger partial charge in [0.1, 0.15) is 12.4 Å². The minimum Gasteiger partial charge on any atom is -0.478 e. The summed E-state index contributed by atoms with van der Waals surface area (Å²) in [5.41, 5.74) is 0.289. The standard InChI is InChI=1S/C16H13ClFN5O3/c17-12-2-1-3-13(18)11(12)8-22-5-4-14(21-22)20-15(24)9-23-7-10(6-19-23)16(25)26/h1-7H,8-9H2,(H,25,26)(H,20,21,24). The number of carboxylic acids is 1. The van der Waals surface area contributed by atoms with Gasteiger partial charge >= 0.3 is 5.97 Å². The van der Waals surface area contributed by atoms with Crippen LogP contribution in [-0.4, -0.2) is 36.5 Å². The molecule has 2 N–H and O–H groups in total. The van der Waals surface area contributed by atoms with Gasteiger partial charge in [-0.3, -0.25) is 14.2 Å². The number of rotatable bonds is 6. The van der Waals surface area contributed by atoms with Gasteiger partial charge in [-0.2, -0.15) is 10.2 Å². The molecule has 0 atom stereocenters. The van der Waals surface area contributed by atoms with Crippen molar-refractivity contribution >= 4 is 29.3 Å². The first-order valence-corrected chi connectivity index (χ1v) is 7.82. The van der Waals surface area contributed by atoms with Crippen molar-refractivity contribution < 1.29 is 19.1 Å². The summed E-state index contributed by atoms with van der Waals surface area (Å²) in [7, 11) is 0. The second kappa shape index (κ2) is 7.36. The maximum Gasteiger partial charge on any atom is 0.338 e. The SMILES string of the molecule is O=C(Cn1cc(C(=O)O)cn1)Nc1ccn(Cc2c(F)cccc2Cl)n1. The van der Waals surface area contributed by atoms with Gasteiger partial charge in [0.05, 0.1) is 18.3 Å². The zero-order valence-corrected chi connectivity index (χ0v) is 14.0. The number of aromatic nitrogens is 4. The van der Waals surface area contributed by atoms with Gasteiger partial charge in [-0.05, 0) is 12.1 Å². The third-order valence-corrected chi connectivity index (χ3v) is 3.83. The van der Waals surface area contributed by atoms with E-state index in [1.807, 2.05) is 0 Å². The van der Waals surface area contributed by atoms with Crippen LogP contribution < -0.4 is 5.32 Å². The Labute approximate surface area is 151 Å². The zero-order valence-electron chi connectivity index (χ0n) is 13.3. The van der Waals surface area contributed by atoms with E-state index in [1.165, 1.54) is 27.7 Å². The number of hydrogen-bond acceptors (Lipinski definition) is 4. The largest absolute Gasteiger partial charge is 0.478 e. The van der Waals surface area contributed by atoms with E-state index in [0.29, 0.717) is 10.6 Å². The highest BCUT2D eigenvalue weighted by atomic mass is 35.5. The Kier molecular flexibility index (Phi) is 4.99. The fourth-order valence-electron chi connectivity index (χ4n) is 2.25. The fourth-order valence-corrected chi connectivity index (χ4v) is 2.47. The average Bonchev–Trinajstić information content (AvgIpc) is 3.21. The highest BCUT2D eigenvalue weighted by Gasteiger charge is 2.12. The van der Waals surface area contributed by atoms with Gasteiger partial charge in [0.2, 0.25) is 5.91 Å². The molecule has 10 heteroatoms. The molecule has 0 saturated carbocycles. The molecule has 3 rings (SSSR count). The summed E-state index contributed by atoms with van der Waals surface area (Å²) in [6.07, 6.45) is 3.98. The third-order valence-electron chi connectivity index (χ3n) is 3.48. The van der Waals surface area contributed by atoms with Crippen LogP contribution in [0.1, 0.15) is 15.9 Å². The maximum atomic E-state index is 13.8. The lowest BCUT2D eigenvalue weighted by molar-refractivity contribution is -0.116. The van der Waals surface area contributed by atoms with E-state index in [9.17, 15) is 14.0 Å². The van der Waals surface area contributed by atoms with Crippen molar-refractivity contribution in [3.8, 4) is 0 Å². The molecule has 3 aromatic rings. The third kappa shape index (κ3) is 4.06. The predicted molar refractivity (Wildman–Crippen MR) is 90.6 cm³/mol. The summed E-state index contributed by atoms with van der Waals surface area (Å²) < 4.78 is 16.5. The van der Waals surface area contributed by atoms with Crippen molar-refractivity contribution in [2.45, 2.75) is 13.1 Å². The lowest BCUT2D eigenvalue weighted by Gasteiger charge is -2.06. The number of halogens is 2. The number of benzene rings is 1. The van der Waals surface area contributed by atoms with Crippen molar-refractivity contribution in [2.24, 2.45) is 0 Å². The minimum atomic E-state index is -1.12. The molecule has 8 nitrogen and oxygen atoms in total. The van der Waals surface area contributed by atoms with Crippen LogP contribution in [0.25, 0.3) is 0 Å². The summed E-state index contributed by atoms with van der Waals surface area (Å²) in [5, 5.41) is 19.6. The molecular weight excluding hydrogens is 365 g/mol. The molecule has 1 aromatic carbocycles. The van der Waals surface area contributed by atoms with Gasteiger partial charge in [-0.25, -0.2) is 9.18 Å². The first kappa shape index (κ1) is 17.6. The molecular formula is C16H13ClFN5O3. The number of hydrogen-bond donors (Lipinski definition) is 2. The van der Waals surface area contributed by atoms with E-state index >= 15 is 0 Å². The van der Waals surface area contributed by atoms with Crippen molar-refractivity contribution in [1.82, 2.24) is 19.6 Å². The Morgan fingerprint density at radius 3 is 2.77 bits per heavy atom. The number of carboxylic acid groups (broad SMARTS) is 1. The van der Waals surface area contributed by atoms with Gasteiger partial charge in [0.15, 0.2) is 5.82 Å². The Hall–Kier alpha value is -3.20. The number of carbonyl (C=O) groups is 2. The van der Waals surface area contributed by atoms with Gasteiger partial charge in [0, 0.05) is 29.0 Å². The molecule has 0 bridgehead atoms.